The highest BCUT2D eigenvalue weighted by atomic mass is 16.5. The second kappa shape index (κ2) is 22.7. The Morgan fingerprint density at radius 2 is 0.946 bits per heavy atom. The minimum Gasteiger partial charge on any atom is -0.494 e. The molecule has 0 atom stereocenters. The maximum Gasteiger partial charge on any atom is 0.119 e. The lowest BCUT2D eigenvalue weighted by Crippen LogP contribution is -2.46. The smallest absolute Gasteiger partial charge is 0.119 e. The second-order valence-electron chi connectivity index (χ2n) is 11.5. The number of benzene rings is 1. The van der Waals surface area contributed by atoms with Crippen molar-refractivity contribution in [3.63, 3.8) is 0 Å². The summed E-state index contributed by atoms with van der Waals surface area (Å²) in [5.41, 5.74) is 1.35. The van der Waals surface area contributed by atoms with Crippen LogP contribution in [-0.4, -0.2) is 44.2 Å². The van der Waals surface area contributed by atoms with E-state index in [1.807, 2.05) is 0 Å². The van der Waals surface area contributed by atoms with E-state index in [0.29, 0.717) is 0 Å². The van der Waals surface area contributed by atoms with E-state index in [1.54, 1.807) is 0 Å². The third-order valence-electron chi connectivity index (χ3n) is 8.17. The minimum atomic E-state index is 0.855. The Morgan fingerprint density at radius 1 is 0.514 bits per heavy atom. The molecule has 0 spiro atoms. The zero-order chi connectivity index (χ0) is 26.2. The zero-order valence-electron chi connectivity index (χ0n) is 25.0. The topological polar surface area (TPSA) is 15.7 Å². The quantitative estimate of drug-likeness (QED) is 0.128. The standard InChI is InChI=1S/C34H62N2O/c1-3-5-7-9-11-13-15-17-19-21-27-35-28-30-36(31-29-35)33-23-25-34(26-24-33)37-32-22-20-18-16-14-12-10-8-6-4-2/h23-26H,3-22,27-32H2,1-2H3. The molecule has 0 N–H and O–H groups in total. The van der Waals surface area contributed by atoms with Gasteiger partial charge in [-0.2, -0.15) is 0 Å². The number of rotatable bonds is 24. The Morgan fingerprint density at radius 3 is 1.43 bits per heavy atom. The van der Waals surface area contributed by atoms with Crippen molar-refractivity contribution in [1.82, 2.24) is 4.90 Å². The van der Waals surface area contributed by atoms with Gasteiger partial charge in [0, 0.05) is 31.9 Å². The molecule has 0 amide bonds. The van der Waals surface area contributed by atoms with Crippen molar-refractivity contribution in [3.8, 4) is 5.75 Å². The molecule has 37 heavy (non-hydrogen) atoms. The number of nitrogens with zero attached hydrogens (tertiary/aromatic N) is 2. The largest absolute Gasteiger partial charge is 0.494 e. The fourth-order valence-corrected chi connectivity index (χ4v) is 5.59. The third-order valence-corrected chi connectivity index (χ3v) is 8.17. The summed E-state index contributed by atoms with van der Waals surface area (Å²) < 4.78 is 6.01. The molecule has 1 aromatic rings. The summed E-state index contributed by atoms with van der Waals surface area (Å²) >= 11 is 0. The molecular weight excluding hydrogens is 452 g/mol. The SMILES string of the molecule is CCCCCCCCCCCCOc1ccc(N2CCN(CCCCCCCCCCCC)CC2)cc1. The Kier molecular flexibility index (Phi) is 19.7. The van der Waals surface area contributed by atoms with Crippen LogP contribution in [0.2, 0.25) is 0 Å². The van der Waals surface area contributed by atoms with E-state index in [9.17, 15) is 0 Å². The Hall–Kier alpha value is -1.22. The maximum absolute atomic E-state index is 6.01. The molecule has 1 aromatic carbocycles. The molecule has 214 valence electrons. The Balaban J connectivity index is 1.43. The van der Waals surface area contributed by atoms with Crippen LogP contribution in [0.3, 0.4) is 0 Å². The van der Waals surface area contributed by atoms with Crippen LogP contribution in [0.5, 0.6) is 5.75 Å². The Labute approximate surface area is 231 Å². The number of hydrogen-bond acceptors (Lipinski definition) is 3. The highest BCUT2D eigenvalue weighted by molar-refractivity contribution is 5.49. The molecule has 1 saturated heterocycles. The van der Waals surface area contributed by atoms with Gasteiger partial charge >= 0.3 is 0 Å². The van der Waals surface area contributed by atoms with Gasteiger partial charge in [-0.25, -0.2) is 0 Å². The van der Waals surface area contributed by atoms with Gasteiger partial charge in [-0.1, -0.05) is 129 Å². The zero-order valence-corrected chi connectivity index (χ0v) is 25.0. The molecule has 1 aliphatic heterocycles. The monoisotopic (exact) mass is 514 g/mol. The van der Waals surface area contributed by atoms with E-state index in [4.69, 9.17) is 4.74 Å². The van der Waals surface area contributed by atoms with Crippen molar-refractivity contribution in [2.45, 2.75) is 142 Å². The lowest BCUT2D eigenvalue weighted by atomic mass is 10.1. The number of piperazine rings is 1. The molecule has 0 unspecified atom stereocenters. The van der Waals surface area contributed by atoms with Crippen molar-refractivity contribution >= 4 is 5.69 Å². The molecule has 0 aromatic heterocycles. The molecule has 0 radical (unpaired) electrons. The van der Waals surface area contributed by atoms with Crippen LogP contribution >= 0.6 is 0 Å². The predicted molar refractivity (Wildman–Crippen MR) is 164 cm³/mol. The molecule has 3 heteroatoms. The lowest BCUT2D eigenvalue weighted by molar-refractivity contribution is 0.252. The molecule has 1 fully saturated rings. The van der Waals surface area contributed by atoms with Crippen LogP contribution in [0.4, 0.5) is 5.69 Å². The van der Waals surface area contributed by atoms with Crippen LogP contribution in [-0.2, 0) is 0 Å². The highest BCUT2D eigenvalue weighted by Gasteiger charge is 2.16. The van der Waals surface area contributed by atoms with E-state index in [0.717, 1.165) is 25.4 Å². The molecule has 2 rings (SSSR count). The fraction of sp³-hybridized carbons (Fsp3) is 0.824. The van der Waals surface area contributed by atoms with Crippen LogP contribution in [0.1, 0.15) is 142 Å². The molecule has 0 bridgehead atoms. The van der Waals surface area contributed by atoms with E-state index in [2.05, 4.69) is 47.9 Å². The van der Waals surface area contributed by atoms with E-state index in [1.165, 1.54) is 154 Å². The average molecular weight is 515 g/mol. The van der Waals surface area contributed by atoms with Gasteiger partial charge in [-0.15, -0.1) is 0 Å². The van der Waals surface area contributed by atoms with E-state index >= 15 is 0 Å². The maximum atomic E-state index is 6.01. The molecule has 1 heterocycles. The summed E-state index contributed by atoms with van der Waals surface area (Å²) in [6.07, 6.45) is 27.9. The van der Waals surface area contributed by atoms with Crippen LogP contribution in [0.15, 0.2) is 24.3 Å². The van der Waals surface area contributed by atoms with Crippen molar-refractivity contribution in [2.75, 3.05) is 44.2 Å². The fourth-order valence-electron chi connectivity index (χ4n) is 5.59. The first-order valence-electron chi connectivity index (χ1n) is 16.5. The van der Waals surface area contributed by atoms with Gasteiger partial charge in [0.25, 0.3) is 0 Å². The van der Waals surface area contributed by atoms with Crippen LogP contribution in [0, 0.1) is 0 Å². The first-order chi connectivity index (χ1) is 18.3. The predicted octanol–water partition coefficient (Wildman–Crippen LogP) is 10.0. The summed E-state index contributed by atoms with van der Waals surface area (Å²) in [6, 6.07) is 8.85. The van der Waals surface area contributed by atoms with Gasteiger partial charge in [0.2, 0.25) is 0 Å². The lowest BCUT2D eigenvalue weighted by Gasteiger charge is -2.36. The van der Waals surface area contributed by atoms with Crippen molar-refractivity contribution in [1.29, 1.82) is 0 Å². The number of ether oxygens (including phenoxy) is 1. The minimum absolute atomic E-state index is 0.855. The number of anilines is 1. The molecule has 3 nitrogen and oxygen atoms in total. The molecular formula is C34H62N2O. The van der Waals surface area contributed by atoms with Gasteiger partial charge < -0.3 is 9.64 Å². The van der Waals surface area contributed by atoms with Gasteiger partial charge in [0.05, 0.1) is 6.61 Å². The third kappa shape index (κ3) is 16.4. The van der Waals surface area contributed by atoms with Crippen LogP contribution < -0.4 is 9.64 Å². The number of unbranched alkanes of at least 4 members (excludes halogenated alkanes) is 18. The summed E-state index contributed by atoms with van der Waals surface area (Å²) in [4.78, 5) is 5.21. The van der Waals surface area contributed by atoms with Gasteiger partial charge in [-0.3, -0.25) is 4.90 Å². The first-order valence-corrected chi connectivity index (χ1v) is 16.5. The first kappa shape index (κ1) is 32.0. The molecule has 0 saturated carbocycles. The molecule has 0 aliphatic carbocycles. The summed E-state index contributed by atoms with van der Waals surface area (Å²) in [5, 5.41) is 0. The normalized spacial score (nSPS) is 14.4. The van der Waals surface area contributed by atoms with Crippen molar-refractivity contribution in [3.05, 3.63) is 24.3 Å². The molecule has 1 aliphatic rings. The summed E-state index contributed by atoms with van der Waals surface area (Å²) in [5.74, 6) is 1.03. The van der Waals surface area contributed by atoms with Gasteiger partial charge in [0.1, 0.15) is 5.75 Å². The summed E-state index contributed by atoms with van der Waals surface area (Å²) in [6.45, 7) is 11.4. The number of hydrogen-bond donors (Lipinski definition) is 0. The average Bonchev–Trinajstić information content (AvgIpc) is 2.93. The van der Waals surface area contributed by atoms with Gasteiger partial charge in [-0.05, 0) is 43.7 Å². The van der Waals surface area contributed by atoms with Crippen LogP contribution in [0.25, 0.3) is 0 Å². The Bertz CT molecular complexity index is 609. The van der Waals surface area contributed by atoms with Gasteiger partial charge in [0.15, 0.2) is 0 Å². The van der Waals surface area contributed by atoms with E-state index in [-0.39, 0.29) is 0 Å². The van der Waals surface area contributed by atoms with Crippen molar-refractivity contribution in [2.24, 2.45) is 0 Å². The van der Waals surface area contributed by atoms with E-state index < -0.39 is 0 Å². The van der Waals surface area contributed by atoms with Crippen molar-refractivity contribution < 1.29 is 4.74 Å². The highest BCUT2D eigenvalue weighted by Crippen LogP contribution is 2.21. The summed E-state index contributed by atoms with van der Waals surface area (Å²) in [7, 11) is 0. The second-order valence-corrected chi connectivity index (χ2v) is 11.5.